The molecule has 8 rings (SSSR count). The highest BCUT2D eigenvalue weighted by molar-refractivity contribution is 7.88. The molecule has 4 aliphatic heterocycles. The summed E-state index contributed by atoms with van der Waals surface area (Å²) in [5, 5.41) is 27.8. The van der Waals surface area contributed by atoms with E-state index in [-0.39, 0.29) is 70.2 Å². The lowest BCUT2D eigenvalue weighted by molar-refractivity contribution is -0.139. The van der Waals surface area contributed by atoms with Crippen LogP contribution in [-0.2, 0) is 30.2 Å². The Morgan fingerprint density at radius 2 is 1.68 bits per heavy atom. The van der Waals surface area contributed by atoms with E-state index in [4.69, 9.17) is 21.4 Å². The molecule has 1 unspecified atom stereocenters. The number of hydrogen-bond donors (Lipinski definition) is 5. The molecule has 69 heavy (non-hydrogen) atoms. The summed E-state index contributed by atoms with van der Waals surface area (Å²) < 4.78 is 34.9. The topological polar surface area (TPSA) is 218 Å². The highest BCUT2D eigenvalue weighted by Gasteiger charge is 2.43. The number of benzene rings is 3. The molecule has 0 aliphatic carbocycles. The molecule has 366 valence electrons. The maximum Gasteiger partial charge on any atom is 0.349 e. The number of sulfonamides is 1. The summed E-state index contributed by atoms with van der Waals surface area (Å²) in [4.78, 5) is 67.5. The molecule has 4 aromatic rings. The van der Waals surface area contributed by atoms with Gasteiger partial charge in [0.05, 0.1) is 22.0 Å². The second kappa shape index (κ2) is 19.7. The summed E-state index contributed by atoms with van der Waals surface area (Å²) in [6.07, 6.45) is 3.16. The van der Waals surface area contributed by atoms with Gasteiger partial charge in [0.2, 0.25) is 21.8 Å². The number of anilines is 4. The number of aliphatic carboxylic acids is 1. The van der Waals surface area contributed by atoms with Crippen molar-refractivity contribution in [3.05, 3.63) is 100 Å². The summed E-state index contributed by atoms with van der Waals surface area (Å²) in [6, 6.07) is 19.6. The van der Waals surface area contributed by atoms with E-state index in [9.17, 15) is 37.5 Å². The van der Waals surface area contributed by atoms with Crippen LogP contribution in [0.4, 0.5) is 27.5 Å². The molecule has 3 saturated heterocycles. The van der Waals surface area contributed by atoms with E-state index in [1.807, 2.05) is 36.9 Å². The number of rotatable bonds is 14. The van der Waals surface area contributed by atoms with Crippen molar-refractivity contribution in [2.24, 2.45) is 0 Å². The van der Waals surface area contributed by atoms with Crippen molar-refractivity contribution in [2.75, 3.05) is 46.7 Å². The SMILES string of the molecule is C=C1N(C(C)C)c2cc(C3CCN(C(=O)Nc4cccc(CS(=O)(=O)N5CC[C@H](Nc6cccc(-c7sc(C(=O)O)c(OCC(=O)O)c7Cl)c6)CC5(C)C)c4)CC3)ccc2N1C1CCC(=O)NC1=O. The Labute approximate surface area is 410 Å². The lowest BCUT2D eigenvalue weighted by Crippen LogP contribution is -2.55. The number of likely N-dealkylation sites (tertiary alicyclic amines) is 1. The van der Waals surface area contributed by atoms with Crippen molar-refractivity contribution in [1.29, 1.82) is 0 Å². The monoisotopic (exact) mass is 1000 g/mol. The molecule has 0 radical (unpaired) electrons. The van der Waals surface area contributed by atoms with Crippen molar-refractivity contribution in [1.82, 2.24) is 14.5 Å². The number of ether oxygens (including phenoxy) is 1. The number of aromatic carboxylic acids is 1. The predicted molar refractivity (Wildman–Crippen MR) is 266 cm³/mol. The first-order valence-corrected chi connectivity index (χ1v) is 25.7. The Balaban J connectivity index is 0.859. The molecule has 5 N–H and O–H groups in total. The molecule has 4 aliphatic rings. The maximum absolute atomic E-state index is 14.1. The molecule has 17 nitrogen and oxygen atoms in total. The van der Waals surface area contributed by atoms with Crippen LogP contribution in [0, 0.1) is 0 Å². The fourth-order valence-corrected chi connectivity index (χ4v) is 13.4. The number of urea groups is 1. The zero-order valence-corrected chi connectivity index (χ0v) is 41.2. The van der Waals surface area contributed by atoms with E-state index in [0.29, 0.717) is 65.6 Å². The average Bonchev–Trinajstić information content (AvgIpc) is 3.77. The second-order valence-corrected chi connectivity index (χ2v) is 22.1. The summed E-state index contributed by atoms with van der Waals surface area (Å²) in [5.41, 5.74) is 4.59. The first-order valence-electron chi connectivity index (χ1n) is 22.9. The Morgan fingerprint density at radius 1 is 0.957 bits per heavy atom. The molecule has 2 atom stereocenters. The lowest BCUT2D eigenvalue weighted by atomic mass is 9.89. The molecule has 3 fully saturated rings. The number of carboxylic acid groups (broad SMARTS) is 2. The Morgan fingerprint density at radius 3 is 2.36 bits per heavy atom. The van der Waals surface area contributed by atoms with Crippen LogP contribution in [-0.4, -0.2) is 108 Å². The number of carboxylic acids is 2. The van der Waals surface area contributed by atoms with Crippen molar-refractivity contribution >= 4 is 85.5 Å². The van der Waals surface area contributed by atoms with Gasteiger partial charge in [-0.05, 0) is 119 Å². The number of nitrogens with zero attached hydrogens (tertiary/aromatic N) is 4. The number of piperidine rings is 3. The van der Waals surface area contributed by atoms with E-state index in [1.165, 1.54) is 0 Å². The van der Waals surface area contributed by atoms with Crippen LogP contribution in [0.2, 0.25) is 5.02 Å². The molecule has 0 bridgehead atoms. The van der Waals surface area contributed by atoms with Crippen molar-refractivity contribution in [2.45, 2.75) is 102 Å². The van der Waals surface area contributed by atoms with E-state index < -0.39 is 40.1 Å². The first kappa shape index (κ1) is 49.3. The third-order valence-corrected chi connectivity index (χ3v) is 16.9. The number of amides is 4. The van der Waals surface area contributed by atoms with E-state index in [0.717, 1.165) is 41.1 Å². The van der Waals surface area contributed by atoms with Gasteiger partial charge in [-0.25, -0.2) is 22.8 Å². The Hall–Kier alpha value is -6.15. The molecule has 1 aromatic heterocycles. The van der Waals surface area contributed by atoms with Crippen molar-refractivity contribution in [3.63, 3.8) is 0 Å². The first-order chi connectivity index (χ1) is 32.7. The minimum Gasteiger partial charge on any atom is -0.479 e. The second-order valence-electron chi connectivity index (χ2n) is 18.8. The van der Waals surface area contributed by atoms with Gasteiger partial charge >= 0.3 is 18.0 Å². The van der Waals surface area contributed by atoms with Crippen LogP contribution in [0.1, 0.15) is 92.9 Å². The van der Waals surface area contributed by atoms with Gasteiger partial charge in [0.1, 0.15) is 16.9 Å². The quantitative estimate of drug-likeness (QED) is 0.0755. The Bertz CT molecular complexity index is 2830. The maximum atomic E-state index is 14.1. The molecule has 0 spiro atoms. The standard InChI is InChI=1S/C49H56ClN7O10S2/c1-28(2)56-29(3)57(38-14-15-40(58)53-46(38)61)37-13-12-32(24-39(37)56)31-16-19-54(20-17-31)48(64)52-34-10-6-8-30(22-34)27-69(65,66)55-21-18-36(25-49(55,4)5)51-35-11-7-9-33(23-35)44-42(50)43(67-26-41(59)60)45(68-44)47(62)63/h6-13,22-24,28,31,36,38,51H,3,14-21,25-27H2,1-2,4-5H3,(H,52,64)(H,59,60)(H,62,63)(H,53,58,61)/t36-,38?/m0/s1. The van der Waals surface area contributed by atoms with Crippen LogP contribution in [0.25, 0.3) is 10.4 Å². The molecule has 0 saturated carbocycles. The summed E-state index contributed by atoms with van der Waals surface area (Å²) >= 11 is 7.41. The van der Waals surface area contributed by atoms with Crippen LogP contribution < -0.4 is 30.5 Å². The largest absolute Gasteiger partial charge is 0.479 e. The van der Waals surface area contributed by atoms with Gasteiger partial charge in [0, 0.05) is 55.1 Å². The molecular weight excluding hydrogens is 946 g/mol. The minimum atomic E-state index is -3.80. The van der Waals surface area contributed by atoms with Crippen molar-refractivity contribution < 1.29 is 47.3 Å². The predicted octanol–water partition coefficient (Wildman–Crippen LogP) is 8.14. The third-order valence-electron chi connectivity index (χ3n) is 13.2. The van der Waals surface area contributed by atoms with Gasteiger partial charge in [-0.1, -0.05) is 48.5 Å². The summed E-state index contributed by atoms with van der Waals surface area (Å²) in [7, 11) is -3.80. The fraction of sp³-hybridized carbons (Fsp3) is 0.408. The molecular formula is C49H56ClN7O10S2. The van der Waals surface area contributed by atoms with E-state index >= 15 is 0 Å². The smallest absolute Gasteiger partial charge is 0.349 e. The van der Waals surface area contributed by atoms with E-state index in [2.05, 4.69) is 53.4 Å². The minimum absolute atomic E-state index is 0.00210. The van der Waals surface area contributed by atoms with Gasteiger partial charge < -0.3 is 40.3 Å². The summed E-state index contributed by atoms with van der Waals surface area (Å²) in [5.74, 6) is -2.71. The molecule has 4 amide bonds. The van der Waals surface area contributed by atoms with Gasteiger partial charge in [0.25, 0.3) is 0 Å². The lowest BCUT2D eigenvalue weighted by Gasteiger charge is -2.45. The Kier molecular flexibility index (Phi) is 14.1. The van der Waals surface area contributed by atoms with Crippen LogP contribution in [0.5, 0.6) is 5.75 Å². The number of thiophene rings is 1. The average molecular weight is 1000 g/mol. The van der Waals surface area contributed by atoms with E-state index in [1.54, 1.807) is 45.6 Å². The van der Waals surface area contributed by atoms with Crippen LogP contribution in [0.15, 0.2) is 79.1 Å². The number of halogens is 1. The zero-order valence-electron chi connectivity index (χ0n) is 38.8. The van der Waals surface area contributed by atoms with Crippen LogP contribution >= 0.6 is 22.9 Å². The number of fused-ring (bicyclic) bond motifs is 1. The number of hydrogen-bond acceptors (Lipinski definition) is 12. The van der Waals surface area contributed by atoms with Crippen LogP contribution in [0.3, 0.4) is 0 Å². The highest BCUT2D eigenvalue weighted by atomic mass is 35.5. The molecule has 5 heterocycles. The van der Waals surface area contributed by atoms with Gasteiger partial charge in [-0.2, -0.15) is 4.31 Å². The van der Waals surface area contributed by atoms with Crippen molar-refractivity contribution in [3.8, 4) is 16.2 Å². The molecule has 20 heteroatoms. The normalized spacial score (nSPS) is 19.9. The number of imide groups is 1. The zero-order chi connectivity index (χ0) is 49.5. The third kappa shape index (κ3) is 10.4. The van der Waals surface area contributed by atoms with Gasteiger partial charge in [0.15, 0.2) is 17.2 Å². The number of carbonyl (C=O) groups is 5. The number of carbonyl (C=O) groups excluding carboxylic acids is 3. The number of nitrogens with one attached hydrogen (secondary N) is 3. The van der Waals surface area contributed by atoms with Gasteiger partial charge in [-0.3, -0.25) is 14.9 Å². The molecule has 3 aromatic carbocycles. The fourth-order valence-electron chi connectivity index (χ4n) is 10.1. The van der Waals surface area contributed by atoms with Gasteiger partial charge in [-0.15, -0.1) is 11.3 Å². The summed E-state index contributed by atoms with van der Waals surface area (Å²) in [6.45, 7) is 12.9. The highest BCUT2D eigenvalue weighted by Crippen LogP contribution is 2.48.